The molecule has 2 aromatic rings. The molecule has 20 heavy (non-hydrogen) atoms. The van der Waals surface area contributed by atoms with Gasteiger partial charge in [-0.05, 0) is 36.2 Å². The minimum absolute atomic E-state index is 0.188. The summed E-state index contributed by atoms with van der Waals surface area (Å²) in [4.78, 5) is 2.16. The number of nitrogen functional groups attached to an aromatic ring is 1. The molecule has 2 aromatic carbocycles. The number of hydrogen-bond donors (Lipinski definition) is 1. The van der Waals surface area contributed by atoms with Crippen molar-refractivity contribution in [2.24, 2.45) is 0 Å². The van der Waals surface area contributed by atoms with E-state index in [9.17, 15) is 4.39 Å². The molecule has 0 saturated heterocycles. The Hall–Kier alpha value is -2.23. The van der Waals surface area contributed by atoms with E-state index in [4.69, 9.17) is 10.5 Å². The highest BCUT2D eigenvalue weighted by molar-refractivity contribution is 5.58. The fourth-order valence-electron chi connectivity index (χ4n) is 2.53. The summed E-state index contributed by atoms with van der Waals surface area (Å²) in [6.45, 7) is 2.21. The second-order valence-corrected chi connectivity index (χ2v) is 4.93. The van der Waals surface area contributed by atoms with Gasteiger partial charge in [0, 0.05) is 24.0 Å². The first-order chi connectivity index (χ1) is 9.72. The summed E-state index contributed by atoms with van der Waals surface area (Å²) in [5.74, 6) is 0.580. The minimum Gasteiger partial charge on any atom is -0.492 e. The topological polar surface area (TPSA) is 38.5 Å². The molecular formula is C16H17FN2O. The van der Waals surface area contributed by atoms with Gasteiger partial charge in [0.25, 0.3) is 0 Å². The number of nitrogens with two attached hydrogens (primary N) is 1. The average molecular weight is 272 g/mol. The van der Waals surface area contributed by atoms with Crippen LogP contribution in [0.4, 0.5) is 15.8 Å². The molecule has 0 aliphatic carbocycles. The summed E-state index contributed by atoms with van der Waals surface area (Å²) < 4.78 is 19.0. The van der Waals surface area contributed by atoms with E-state index in [1.807, 2.05) is 24.3 Å². The summed E-state index contributed by atoms with van der Waals surface area (Å²) >= 11 is 0. The van der Waals surface area contributed by atoms with Gasteiger partial charge >= 0.3 is 0 Å². The monoisotopic (exact) mass is 272 g/mol. The quantitative estimate of drug-likeness (QED) is 0.870. The summed E-state index contributed by atoms with van der Waals surface area (Å²) in [7, 11) is 0. The number of fused-ring (bicyclic) bond motifs is 1. The van der Waals surface area contributed by atoms with Gasteiger partial charge in [0.1, 0.15) is 18.2 Å². The fourth-order valence-corrected chi connectivity index (χ4v) is 2.53. The van der Waals surface area contributed by atoms with Crippen molar-refractivity contribution in [3.8, 4) is 5.75 Å². The molecule has 1 aliphatic heterocycles. The second kappa shape index (κ2) is 5.41. The third-order valence-corrected chi connectivity index (χ3v) is 3.53. The van der Waals surface area contributed by atoms with Crippen molar-refractivity contribution in [1.82, 2.24) is 0 Å². The maximum absolute atomic E-state index is 13.3. The van der Waals surface area contributed by atoms with Crippen molar-refractivity contribution in [1.29, 1.82) is 0 Å². The van der Waals surface area contributed by atoms with Crippen molar-refractivity contribution in [2.45, 2.75) is 6.42 Å². The van der Waals surface area contributed by atoms with Gasteiger partial charge < -0.3 is 15.4 Å². The first-order valence-electron chi connectivity index (χ1n) is 6.74. The molecule has 4 heteroatoms. The van der Waals surface area contributed by atoms with Crippen LogP contribution in [-0.4, -0.2) is 19.7 Å². The molecule has 0 amide bonds. The summed E-state index contributed by atoms with van der Waals surface area (Å²) in [6, 6.07) is 12.4. The van der Waals surface area contributed by atoms with E-state index >= 15 is 0 Å². The lowest BCUT2D eigenvalue weighted by molar-refractivity contribution is 0.325. The van der Waals surface area contributed by atoms with Crippen LogP contribution in [0.15, 0.2) is 42.5 Å². The van der Waals surface area contributed by atoms with Gasteiger partial charge in [-0.15, -0.1) is 0 Å². The molecule has 3 rings (SSSR count). The molecule has 0 unspecified atom stereocenters. The van der Waals surface area contributed by atoms with Crippen LogP contribution in [-0.2, 0) is 6.42 Å². The van der Waals surface area contributed by atoms with Crippen molar-refractivity contribution < 1.29 is 9.13 Å². The lowest BCUT2D eigenvalue weighted by atomic mass is 10.2. The van der Waals surface area contributed by atoms with Gasteiger partial charge in [0.15, 0.2) is 0 Å². The van der Waals surface area contributed by atoms with Gasteiger partial charge in [-0.25, -0.2) is 4.39 Å². The lowest BCUT2D eigenvalue weighted by Gasteiger charge is -2.19. The van der Waals surface area contributed by atoms with Gasteiger partial charge in [-0.1, -0.05) is 12.1 Å². The minimum atomic E-state index is -0.188. The summed E-state index contributed by atoms with van der Waals surface area (Å²) in [5.41, 5.74) is 8.58. The van der Waals surface area contributed by atoms with Gasteiger partial charge in [0.2, 0.25) is 0 Å². The number of halogens is 1. The number of rotatable bonds is 4. The fraction of sp³-hybridized carbons (Fsp3) is 0.250. The van der Waals surface area contributed by atoms with E-state index in [2.05, 4.69) is 4.90 Å². The molecule has 0 spiro atoms. The van der Waals surface area contributed by atoms with E-state index in [-0.39, 0.29) is 5.82 Å². The van der Waals surface area contributed by atoms with Crippen LogP contribution in [0.5, 0.6) is 5.75 Å². The highest BCUT2D eigenvalue weighted by Crippen LogP contribution is 2.28. The third-order valence-electron chi connectivity index (χ3n) is 3.53. The van der Waals surface area contributed by atoms with Gasteiger partial charge in [-0.3, -0.25) is 0 Å². The summed E-state index contributed by atoms with van der Waals surface area (Å²) in [6.07, 6.45) is 0.966. The Labute approximate surface area is 117 Å². The highest BCUT2D eigenvalue weighted by atomic mass is 19.1. The Morgan fingerprint density at radius 2 is 2.10 bits per heavy atom. The first kappa shape index (κ1) is 12.8. The largest absolute Gasteiger partial charge is 0.492 e. The molecule has 0 bridgehead atoms. The Balaban J connectivity index is 1.59. The molecule has 0 radical (unpaired) electrons. The van der Waals surface area contributed by atoms with Crippen LogP contribution >= 0.6 is 0 Å². The summed E-state index contributed by atoms with van der Waals surface area (Å²) in [5, 5.41) is 0. The van der Waals surface area contributed by atoms with Crippen molar-refractivity contribution >= 4 is 11.4 Å². The maximum Gasteiger partial charge on any atom is 0.125 e. The molecule has 1 aliphatic rings. The van der Waals surface area contributed by atoms with E-state index in [1.165, 1.54) is 11.6 Å². The van der Waals surface area contributed by atoms with Crippen molar-refractivity contribution in [3.05, 3.63) is 53.8 Å². The van der Waals surface area contributed by atoms with Crippen molar-refractivity contribution in [3.63, 3.8) is 0 Å². The second-order valence-electron chi connectivity index (χ2n) is 4.93. The zero-order chi connectivity index (χ0) is 13.9. The van der Waals surface area contributed by atoms with Crippen LogP contribution in [0.1, 0.15) is 5.56 Å². The van der Waals surface area contributed by atoms with Gasteiger partial charge in [-0.2, -0.15) is 0 Å². The Morgan fingerprint density at radius 1 is 1.20 bits per heavy atom. The first-order valence-corrected chi connectivity index (χ1v) is 6.74. The lowest BCUT2D eigenvalue weighted by Crippen LogP contribution is -2.26. The Morgan fingerprint density at radius 3 is 2.95 bits per heavy atom. The Kier molecular flexibility index (Phi) is 3.46. The zero-order valence-corrected chi connectivity index (χ0v) is 11.2. The molecule has 0 atom stereocenters. The zero-order valence-electron chi connectivity index (χ0n) is 11.2. The molecule has 2 N–H and O–H groups in total. The normalized spacial score (nSPS) is 13.3. The molecule has 0 saturated carbocycles. The molecule has 0 aromatic heterocycles. The smallest absolute Gasteiger partial charge is 0.125 e. The van der Waals surface area contributed by atoms with E-state index in [1.54, 1.807) is 12.1 Å². The predicted octanol–water partition coefficient (Wildman–Crippen LogP) is 2.85. The third kappa shape index (κ3) is 2.69. The van der Waals surface area contributed by atoms with E-state index in [0.717, 1.165) is 30.9 Å². The molecule has 104 valence electrons. The number of nitrogens with zero attached hydrogens (tertiary/aromatic N) is 1. The predicted molar refractivity (Wildman–Crippen MR) is 78.7 cm³/mol. The van der Waals surface area contributed by atoms with E-state index in [0.29, 0.717) is 12.3 Å². The number of benzene rings is 2. The SMILES string of the molecule is Nc1cccc(OCCN2CCc3ccc(F)cc32)c1. The standard InChI is InChI=1S/C16H17FN2O/c17-13-5-4-12-6-7-19(16(12)10-13)8-9-20-15-3-1-2-14(18)11-15/h1-5,10-11H,6-9,18H2. The van der Waals surface area contributed by atoms with Crippen LogP contribution in [0.2, 0.25) is 0 Å². The molecular weight excluding hydrogens is 255 g/mol. The number of anilines is 2. The molecule has 0 fully saturated rings. The maximum atomic E-state index is 13.3. The van der Waals surface area contributed by atoms with Crippen LogP contribution in [0.25, 0.3) is 0 Å². The number of ether oxygens (including phenoxy) is 1. The van der Waals surface area contributed by atoms with Crippen LogP contribution in [0, 0.1) is 5.82 Å². The van der Waals surface area contributed by atoms with Gasteiger partial charge in [0.05, 0.1) is 6.54 Å². The van der Waals surface area contributed by atoms with Crippen LogP contribution < -0.4 is 15.4 Å². The average Bonchev–Trinajstić information content (AvgIpc) is 2.82. The number of hydrogen-bond acceptors (Lipinski definition) is 3. The molecule has 1 heterocycles. The van der Waals surface area contributed by atoms with Crippen molar-refractivity contribution in [2.75, 3.05) is 30.3 Å². The molecule has 3 nitrogen and oxygen atoms in total. The Bertz CT molecular complexity index is 615. The van der Waals surface area contributed by atoms with E-state index < -0.39 is 0 Å². The van der Waals surface area contributed by atoms with Crippen LogP contribution in [0.3, 0.4) is 0 Å². The highest BCUT2D eigenvalue weighted by Gasteiger charge is 2.19.